The second-order valence-electron chi connectivity index (χ2n) is 5.64. The summed E-state index contributed by atoms with van der Waals surface area (Å²) in [5.74, 6) is 0.735. The molecule has 1 saturated heterocycles. The van der Waals surface area contributed by atoms with E-state index in [1.165, 1.54) is 11.1 Å². The lowest BCUT2D eigenvalue weighted by atomic mass is 9.97. The van der Waals surface area contributed by atoms with Crippen molar-refractivity contribution in [3.63, 3.8) is 0 Å². The van der Waals surface area contributed by atoms with Crippen molar-refractivity contribution in [2.75, 3.05) is 51.8 Å². The topological polar surface area (TPSA) is 15.7 Å². The maximum absolute atomic E-state index is 6.01. The number of ether oxygens (including phenoxy) is 1. The Hall–Kier alpha value is -0.610. The highest BCUT2D eigenvalue weighted by Gasteiger charge is 2.24. The normalized spacial score (nSPS) is 24.6. The van der Waals surface area contributed by atoms with E-state index in [1.54, 1.807) is 0 Å². The van der Waals surface area contributed by atoms with E-state index in [0.717, 1.165) is 58.2 Å². The molecule has 0 bridgehead atoms. The SMILES string of the molecule is ClCCN1CCN(CC2OCCc3ccccc32)CC1. The Bertz CT molecular complexity index is 432. The minimum Gasteiger partial charge on any atom is -0.372 e. The first kappa shape index (κ1) is 14.3. The molecular weight excluding hydrogens is 272 g/mol. The average Bonchev–Trinajstić information content (AvgIpc) is 2.50. The van der Waals surface area contributed by atoms with Gasteiger partial charge in [0.25, 0.3) is 0 Å². The van der Waals surface area contributed by atoms with Crippen LogP contribution in [0.15, 0.2) is 24.3 Å². The van der Waals surface area contributed by atoms with Crippen molar-refractivity contribution in [2.45, 2.75) is 12.5 Å². The van der Waals surface area contributed by atoms with Crippen LogP contribution in [0.2, 0.25) is 0 Å². The van der Waals surface area contributed by atoms with Gasteiger partial charge in [0.1, 0.15) is 0 Å². The number of nitrogens with zero attached hydrogens (tertiary/aromatic N) is 2. The zero-order valence-electron chi connectivity index (χ0n) is 11.9. The monoisotopic (exact) mass is 294 g/mol. The molecule has 0 spiro atoms. The first-order valence-electron chi connectivity index (χ1n) is 7.57. The fraction of sp³-hybridized carbons (Fsp3) is 0.625. The molecule has 0 amide bonds. The number of benzene rings is 1. The van der Waals surface area contributed by atoms with Crippen molar-refractivity contribution in [3.8, 4) is 0 Å². The fourth-order valence-corrected chi connectivity index (χ4v) is 3.42. The van der Waals surface area contributed by atoms with Gasteiger partial charge in [0.05, 0.1) is 12.7 Å². The van der Waals surface area contributed by atoms with Crippen LogP contribution in [0.5, 0.6) is 0 Å². The summed E-state index contributed by atoms with van der Waals surface area (Å²) in [5.41, 5.74) is 2.85. The van der Waals surface area contributed by atoms with Crippen LogP contribution >= 0.6 is 11.6 Å². The van der Waals surface area contributed by atoms with Gasteiger partial charge in [-0.05, 0) is 17.5 Å². The number of hydrogen-bond donors (Lipinski definition) is 0. The molecule has 3 nitrogen and oxygen atoms in total. The van der Waals surface area contributed by atoms with Gasteiger partial charge in [-0.25, -0.2) is 0 Å². The average molecular weight is 295 g/mol. The van der Waals surface area contributed by atoms with Gasteiger partial charge < -0.3 is 4.74 Å². The van der Waals surface area contributed by atoms with Crippen LogP contribution in [0.1, 0.15) is 17.2 Å². The molecule has 1 aromatic carbocycles. The zero-order chi connectivity index (χ0) is 13.8. The van der Waals surface area contributed by atoms with E-state index in [0.29, 0.717) is 0 Å². The van der Waals surface area contributed by atoms with Gasteiger partial charge >= 0.3 is 0 Å². The highest BCUT2D eigenvalue weighted by atomic mass is 35.5. The first-order valence-corrected chi connectivity index (χ1v) is 8.10. The smallest absolute Gasteiger partial charge is 0.0954 e. The predicted octanol–water partition coefficient (Wildman–Crippen LogP) is 2.16. The third-order valence-corrected chi connectivity index (χ3v) is 4.55. The Morgan fingerprint density at radius 2 is 1.85 bits per heavy atom. The number of hydrogen-bond acceptors (Lipinski definition) is 3. The van der Waals surface area contributed by atoms with Crippen molar-refractivity contribution in [3.05, 3.63) is 35.4 Å². The van der Waals surface area contributed by atoms with Crippen molar-refractivity contribution in [1.82, 2.24) is 9.80 Å². The second kappa shape index (κ2) is 6.90. The van der Waals surface area contributed by atoms with Gasteiger partial charge in [-0.3, -0.25) is 9.80 Å². The maximum atomic E-state index is 6.01. The predicted molar refractivity (Wildman–Crippen MR) is 82.4 cm³/mol. The van der Waals surface area contributed by atoms with E-state index in [-0.39, 0.29) is 6.10 Å². The van der Waals surface area contributed by atoms with E-state index < -0.39 is 0 Å². The van der Waals surface area contributed by atoms with Crippen LogP contribution < -0.4 is 0 Å². The third-order valence-electron chi connectivity index (χ3n) is 4.38. The molecule has 0 aromatic heterocycles. The van der Waals surface area contributed by atoms with Crippen molar-refractivity contribution in [1.29, 1.82) is 0 Å². The molecule has 2 aliphatic rings. The number of rotatable bonds is 4. The molecule has 0 radical (unpaired) electrons. The van der Waals surface area contributed by atoms with Crippen LogP contribution in [0.25, 0.3) is 0 Å². The lowest BCUT2D eigenvalue weighted by Gasteiger charge is -2.37. The summed E-state index contributed by atoms with van der Waals surface area (Å²) in [6.45, 7) is 7.39. The molecule has 0 aliphatic carbocycles. The summed E-state index contributed by atoms with van der Waals surface area (Å²) in [6.07, 6.45) is 1.30. The quantitative estimate of drug-likeness (QED) is 0.792. The first-order chi connectivity index (χ1) is 9.86. The van der Waals surface area contributed by atoms with Crippen molar-refractivity contribution in [2.24, 2.45) is 0 Å². The van der Waals surface area contributed by atoms with E-state index >= 15 is 0 Å². The molecule has 4 heteroatoms. The highest BCUT2D eigenvalue weighted by molar-refractivity contribution is 6.18. The van der Waals surface area contributed by atoms with Crippen molar-refractivity contribution < 1.29 is 4.74 Å². The standard InChI is InChI=1S/C16H23ClN2O/c17-6-7-18-8-10-19(11-9-18)13-16-15-4-2-1-3-14(15)5-12-20-16/h1-4,16H,5-13H2. The molecular formula is C16H23ClN2O. The third kappa shape index (κ3) is 3.34. The van der Waals surface area contributed by atoms with E-state index in [4.69, 9.17) is 16.3 Å². The lowest BCUT2D eigenvalue weighted by molar-refractivity contribution is 0.00509. The molecule has 0 N–H and O–H groups in total. The molecule has 1 fully saturated rings. The zero-order valence-corrected chi connectivity index (χ0v) is 12.7. The molecule has 1 atom stereocenters. The minimum atomic E-state index is 0.250. The second-order valence-corrected chi connectivity index (χ2v) is 6.02. The fourth-order valence-electron chi connectivity index (χ4n) is 3.18. The van der Waals surface area contributed by atoms with Gasteiger partial charge in [0.2, 0.25) is 0 Å². The van der Waals surface area contributed by atoms with Crippen LogP contribution in [0.3, 0.4) is 0 Å². The molecule has 2 heterocycles. The van der Waals surface area contributed by atoms with Crippen LogP contribution in [-0.4, -0.2) is 61.6 Å². The van der Waals surface area contributed by atoms with E-state index in [1.807, 2.05) is 0 Å². The molecule has 110 valence electrons. The molecule has 1 aromatic rings. The highest BCUT2D eigenvalue weighted by Crippen LogP contribution is 2.27. The van der Waals surface area contributed by atoms with Gasteiger partial charge in [-0.15, -0.1) is 11.6 Å². The van der Waals surface area contributed by atoms with Gasteiger partial charge in [0.15, 0.2) is 0 Å². The summed E-state index contributed by atoms with van der Waals surface area (Å²) in [5, 5.41) is 0. The summed E-state index contributed by atoms with van der Waals surface area (Å²) in [6, 6.07) is 8.72. The lowest BCUT2D eigenvalue weighted by Crippen LogP contribution is -2.48. The Morgan fingerprint density at radius 3 is 2.65 bits per heavy atom. The van der Waals surface area contributed by atoms with Crippen LogP contribution in [0, 0.1) is 0 Å². The molecule has 3 rings (SSSR count). The summed E-state index contributed by atoms with van der Waals surface area (Å²) in [4.78, 5) is 4.97. The Kier molecular flexibility index (Phi) is 4.94. The summed E-state index contributed by atoms with van der Waals surface area (Å²) >= 11 is 5.81. The summed E-state index contributed by atoms with van der Waals surface area (Å²) in [7, 11) is 0. The molecule has 1 unspecified atom stereocenters. The van der Waals surface area contributed by atoms with Crippen LogP contribution in [0.4, 0.5) is 0 Å². The number of piperazine rings is 1. The Labute approximate surface area is 126 Å². The number of halogens is 1. The summed E-state index contributed by atoms with van der Waals surface area (Å²) < 4.78 is 6.01. The number of alkyl halides is 1. The molecule has 0 saturated carbocycles. The van der Waals surface area contributed by atoms with Crippen LogP contribution in [-0.2, 0) is 11.2 Å². The van der Waals surface area contributed by atoms with Gasteiger partial charge in [0, 0.05) is 45.1 Å². The maximum Gasteiger partial charge on any atom is 0.0954 e. The van der Waals surface area contributed by atoms with Gasteiger partial charge in [-0.1, -0.05) is 24.3 Å². The number of fused-ring (bicyclic) bond motifs is 1. The minimum absolute atomic E-state index is 0.250. The van der Waals surface area contributed by atoms with Gasteiger partial charge in [-0.2, -0.15) is 0 Å². The molecule has 20 heavy (non-hydrogen) atoms. The largest absolute Gasteiger partial charge is 0.372 e. The Balaban J connectivity index is 1.57. The Morgan fingerprint density at radius 1 is 1.10 bits per heavy atom. The van der Waals surface area contributed by atoms with E-state index in [9.17, 15) is 0 Å². The van der Waals surface area contributed by atoms with E-state index in [2.05, 4.69) is 34.1 Å². The van der Waals surface area contributed by atoms with Crippen molar-refractivity contribution >= 4 is 11.6 Å². The molecule has 2 aliphatic heterocycles.